The first-order valence-corrected chi connectivity index (χ1v) is 6.86. The average molecular weight is 346 g/mol. The fourth-order valence-corrected chi connectivity index (χ4v) is 2.37. The van der Waals surface area contributed by atoms with E-state index in [2.05, 4.69) is 21.2 Å². The molecule has 2 N–H and O–H groups in total. The number of nitrogens with one attached hydrogen (secondary N) is 1. The molecule has 0 aromatic heterocycles. The zero-order chi connectivity index (χ0) is 14.7. The molecule has 1 amide bonds. The van der Waals surface area contributed by atoms with Gasteiger partial charge in [-0.3, -0.25) is 4.79 Å². The van der Waals surface area contributed by atoms with Gasteiger partial charge in [0, 0.05) is 11.0 Å². The molecule has 2 unspecified atom stereocenters. The summed E-state index contributed by atoms with van der Waals surface area (Å²) >= 11 is 3.27. The van der Waals surface area contributed by atoms with E-state index in [0.717, 1.165) is 0 Å². The van der Waals surface area contributed by atoms with Crippen molar-refractivity contribution in [3.63, 3.8) is 0 Å². The second kappa shape index (κ2) is 6.32. The van der Waals surface area contributed by atoms with Crippen molar-refractivity contribution >= 4 is 27.8 Å². The highest BCUT2D eigenvalue weighted by atomic mass is 79.9. The number of ether oxygens (including phenoxy) is 1. The summed E-state index contributed by atoms with van der Waals surface area (Å²) in [5.74, 6) is -1.83. The highest BCUT2D eigenvalue weighted by molar-refractivity contribution is 9.10. The van der Waals surface area contributed by atoms with Crippen LogP contribution in [0.2, 0.25) is 0 Å². The predicted molar refractivity (Wildman–Crippen MR) is 71.5 cm³/mol. The summed E-state index contributed by atoms with van der Waals surface area (Å²) < 4.78 is 18.9. The van der Waals surface area contributed by atoms with Gasteiger partial charge in [0.2, 0.25) is 5.91 Å². The number of amides is 1. The predicted octanol–water partition coefficient (Wildman–Crippen LogP) is 1.84. The summed E-state index contributed by atoms with van der Waals surface area (Å²) in [6.07, 6.45) is -1.00. The molecule has 1 saturated heterocycles. The van der Waals surface area contributed by atoms with E-state index in [1.807, 2.05) is 0 Å². The van der Waals surface area contributed by atoms with Crippen molar-refractivity contribution in [3.8, 4) is 0 Å². The van der Waals surface area contributed by atoms with E-state index in [0.29, 0.717) is 22.9 Å². The van der Waals surface area contributed by atoms with E-state index in [9.17, 15) is 14.0 Å². The van der Waals surface area contributed by atoms with Crippen molar-refractivity contribution in [2.24, 2.45) is 0 Å². The van der Waals surface area contributed by atoms with Gasteiger partial charge in [-0.05, 0) is 36.6 Å². The Balaban J connectivity index is 1.90. The molecule has 0 aliphatic carbocycles. The molecule has 2 rings (SSSR count). The summed E-state index contributed by atoms with van der Waals surface area (Å²) in [7, 11) is 0. The van der Waals surface area contributed by atoms with E-state index in [1.54, 1.807) is 6.07 Å². The minimum Gasteiger partial charge on any atom is -0.479 e. The molecule has 20 heavy (non-hydrogen) atoms. The lowest BCUT2D eigenvalue weighted by Gasteiger charge is -2.12. The lowest BCUT2D eigenvalue weighted by Crippen LogP contribution is -2.35. The van der Waals surface area contributed by atoms with Crippen LogP contribution in [-0.2, 0) is 20.9 Å². The molecule has 0 spiro atoms. The Morgan fingerprint density at radius 3 is 2.75 bits per heavy atom. The number of carboxylic acid groups (broad SMARTS) is 1. The average Bonchev–Trinajstić information content (AvgIpc) is 2.89. The lowest BCUT2D eigenvalue weighted by atomic mass is 10.2. The standard InChI is InChI=1S/C13H13BrFNO4/c14-9-2-1-8(15)5-7(9)6-16-12(17)10-3-4-11(20-10)13(18)19/h1-2,5,10-11H,3-4,6H2,(H,16,17)(H,18,19). The molecule has 1 aromatic carbocycles. The van der Waals surface area contributed by atoms with Gasteiger partial charge >= 0.3 is 5.97 Å². The SMILES string of the molecule is O=C(O)C1CCC(C(=O)NCc2cc(F)ccc2Br)O1. The first-order valence-electron chi connectivity index (χ1n) is 6.07. The van der Waals surface area contributed by atoms with Gasteiger partial charge in [-0.2, -0.15) is 0 Å². The summed E-state index contributed by atoms with van der Waals surface area (Å²) in [6.45, 7) is 0.148. The minimum absolute atomic E-state index is 0.148. The van der Waals surface area contributed by atoms with Crippen molar-refractivity contribution in [3.05, 3.63) is 34.1 Å². The van der Waals surface area contributed by atoms with E-state index in [-0.39, 0.29) is 18.3 Å². The third-order valence-corrected chi connectivity index (χ3v) is 3.82. The maximum atomic E-state index is 13.1. The van der Waals surface area contributed by atoms with Crippen LogP contribution >= 0.6 is 15.9 Å². The van der Waals surface area contributed by atoms with Gasteiger partial charge in [0.25, 0.3) is 0 Å². The minimum atomic E-state index is -1.06. The first-order chi connectivity index (χ1) is 9.47. The molecule has 0 bridgehead atoms. The molecule has 1 aliphatic rings. The quantitative estimate of drug-likeness (QED) is 0.872. The highest BCUT2D eigenvalue weighted by Crippen LogP contribution is 2.21. The first kappa shape index (κ1) is 14.9. The maximum absolute atomic E-state index is 13.1. The number of benzene rings is 1. The van der Waals surface area contributed by atoms with Crippen LogP contribution in [0.25, 0.3) is 0 Å². The van der Waals surface area contributed by atoms with Crippen LogP contribution < -0.4 is 5.32 Å². The van der Waals surface area contributed by atoms with Gasteiger partial charge in [0.15, 0.2) is 6.10 Å². The summed E-state index contributed by atoms with van der Waals surface area (Å²) in [4.78, 5) is 22.6. The van der Waals surface area contributed by atoms with Crippen LogP contribution in [0.5, 0.6) is 0 Å². The Morgan fingerprint density at radius 2 is 2.10 bits per heavy atom. The second-order valence-corrected chi connectivity index (χ2v) is 5.34. The Morgan fingerprint density at radius 1 is 1.40 bits per heavy atom. The fraction of sp³-hybridized carbons (Fsp3) is 0.385. The molecule has 0 saturated carbocycles. The van der Waals surface area contributed by atoms with Crippen molar-refractivity contribution in [2.75, 3.05) is 0 Å². The number of halogens is 2. The summed E-state index contributed by atoms with van der Waals surface area (Å²) in [6, 6.07) is 4.19. The number of hydrogen-bond acceptors (Lipinski definition) is 3. The Kier molecular flexibility index (Phi) is 4.72. The van der Waals surface area contributed by atoms with Gasteiger partial charge in [-0.25, -0.2) is 9.18 Å². The molecule has 2 atom stereocenters. The van der Waals surface area contributed by atoms with Gasteiger partial charge in [-0.1, -0.05) is 15.9 Å². The Labute approximate surface area is 123 Å². The van der Waals surface area contributed by atoms with Crippen molar-refractivity contribution in [2.45, 2.75) is 31.6 Å². The van der Waals surface area contributed by atoms with Crippen molar-refractivity contribution in [1.29, 1.82) is 0 Å². The molecule has 0 radical (unpaired) electrons. The number of aliphatic carboxylic acids is 1. The van der Waals surface area contributed by atoms with E-state index in [4.69, 9.17) is 9.84 Å². The number of carbonyl (C=O) groups is 2. The zero-order valence-electron chi connectivity index (χ0n) is 10.4. The topological polar surface area (TPSA) is 75.6 Å². The number of rotatable bonds is 4. The van der Waals surface area contributed by atoms with Crippen LogP contribution in [0, 0.1) is 5.82 Å². The largest absolute Gasteiger partial charge is 0.479 e. The van der Waals surface area contributed by atoms with Gasteiger partial charge in [0.1, 0.15) is 11.9 Å². The second-order valence-electron chi connectivity index (χ2n) is 4.48. The number of carboxylic acids is 1. The molecule has 5 nitrogen and oxygen atoms in total. The maximum Gasteiger partial charge on any atom is 0.332 e. The third-order valence-electron chi connectivity index (χ3n) is 3.05. The molecular weight excluding hydrogens is 333 g/mol. The number of carbonyl (C=O) groups excluding carboxylic acids is 1. The normalized spacial score (nSPS) is 21.7. The fourth-order valence-electron chi connectivity index (χ4n) is 1.99. The third kappa shape index (κ3) is 3.55. The van der Waals surface area contributed by atoms with Crippen molar-refractivity contribution in [1.82, 2.24) is 5.32 Å². The zero-order valence-corrected chi connectivity index (χ0v) is 12.0. The molecule has 1 fully saturated rings. The monoisotopic (exact) mass is 345 g/mol. The molecule has 108 valence electrons. The van der Waals surface area contributed by atoms with Crippen LogP contribution in [0.1, 0.15) is 18.4 Å². The molecule has 1 aliphatic heterocycles. The number of hydrogen-bond donors (Lipinski definition) is 2. The van der Waals surface area contributed by atoms with Crippen LogP contribution in [0.15, 0.2) is 22.7 Å². The van der Waals surface area contributed by atoms with E-state index >= 15 is 0 Å². The van der Waals surface area contributed by atoms with Crippen LogP contribution in [-0.4, -0.2) is 29.2 Å². The van der Waals surface area contributed by atoms with Crippen LogP contribution in [0.4, 0.5) is 4.39 Å². The highest BCUT2D eigenvalue weighted by Gasteiger charge is 2.34. The molecule has 1 heterocycles. The molecule has 7 heteroatoms. The van der Waals surface area contributed by atoms with E-state index < -0.39 is 18.2 Å². The smallest absolute Gasteiger partial charge is 0.332 e. The van der Waals surface area contributed by atoms with Crippen molar-refractivity contribution < 1.29 is 23.8 Å². The van der Waals surface area contributed by atoms with Gasteiger partial charge in [-0.15, -0.1) is 0 Å². The Bertz CT molecular complexity index is 537. The Hall–Kier alpha value is -1.47. The lowest BCUT2D eigenvalue weighted by molar-refractivity contribution is -0.151. The molecular formula is C13H13BrFNO4. The van der Waals surface area contributed by atoms with E-state index in [1.165, 1.54) is 12.1 Å². The summed E-state index contributed by atoms with van der Waals surface area (Å²) in [5, 5.41) is 11.4. The van der Waals surface area contributed by atoms with Gasteiger partial charge in [0.05, 0.1) is 0 Å². The summed E-state index contributed by atoms with van der Waals surface area (Å²) in [5.41, 5.74) is 0.603. The van der Waals surface area contributed by atoms with Crippen LogP contribution in [0.3, 0.4) is 0 Å². The molecule has 1 aromatic rings. The van der Waals surface area contributed by atoms with Gasteiger partial charge < -0.3 is 15.2 Å².